The molecule has 4 nitrogen and oxygen atoms in total. The van der Waals surface area contributed by atoms with Gasteiger partial charge in [0.25, 0.3) is 0 Å². The zero-order valence-corrected chi connectivity index (χ0v) is 13.9. The number of nitrogens with zero attached hydrogens (tertiary/aromatic N) is 1. The molecule has 1 saturated heterocycles. The number of carbonyl (C=O) groups excluding carboxylic acids is 1. The molecule has 21 heavy (non-hydrogen) atoms. The van der Waals surface area contributed by atoms with E-state index < -0.39 is 5.60 Å². The van der Waals surface area contributed by atoms with Gasteiger partial charge in [-0.2, -0.15) is 0 Å². The molecule has 116 valence electrons. The Kier molecular flexibility index (Phi) is 4.71. The molecular weight excluding hydrogens is 286 g/mol. The molecule has 1 unspecified atom stereocenters. The van der Waals surface area contributed by atoms with Crippen molar-refractivity contribution in [2.24, 2.45) is 0 Å². The van der Waals surface area contributed by atoms with E-state index in [1.54, 1.807) is 12.0 Å². The van der Waals surface area contributed by atoms with Crippen LogP contribution in [0.2, 0.25) is 0 Å². The van der Waals surface area contributed by atoms with Crippen molar-refractivity contribution in [1.82, 2.24) is 4.90 Å². The number of amides is 1. The van der Waals surface area contributed by atoms with Crippen LogP contribution in [0.5, 0.6) is 5.75 Å². The third-order valence-corrected chi connectivity index (χ3v) is 3.78. The average Bonchev–Trinajstić information content (AvgIpc) is 2.86. The fourth-order valence-corrected chi connectivity index (χ4v) is 2.74. The Labute approximate surface area is 131 Å². The minimum Gasteiger partial charge on any atom is -0.496 e. The number of likely N-dealkylation sites (tertiary alicyclic amines) is 1. The van der Waals surface area contributed by atoms with Crippen LogP contribution in [0.15, 0.2) is 23.1 Å². The third kappa shape index (κ3) is 4.06. The lowest BCUT2D eigenvalue weighted by atomic mass is 9.97. The van der Waals surface area contributed by atoms with Crippen molar-refractivity contribution in [2.45, 2.75) is 43.6 Å². The summed E-state index contributed by atoms with van der Waals surface area (Å²) in [5, 5.41) is 0. The predicted molar refractivity (Wildman–Crippen MR) is 85.4 cm³/mol. The topological polar surface area (TPSA) is 38.8 Å². The van der Waals surface area contributed by atoms with E-state index in [4.69, 9.17) is 9.47 Å². The highest BCUT2D eigenvalue weighted by Crippen LogP contribution is 2.35. The fraction of sp³-hybridized carbons (Fsp3) is 0.562. The van der Waals surface area contributed by atoms with Crippen LogP contribution in [-0.2, 0) is 4.74 Å². The van der Waals surface area contributed by atoms with Crippen LogP contribution >= 0.6 is 12.6 Å². The normalized spacial score (nSPS) is 18.7. The number of thiol groups is 1. The van der Waals surface area contributed by atoms with E-state index >= 15 is 0 Å². The zero-order chi connectivity index (χ0) is 15.6. The first-order valence-electron chi connectivity index (χ1n) is 7.15. The van der Waals surface area contributed by atoms with Gasteiger partial charge >= 0.3 is 6.09 Å². The second-order valence-corrected chi connectivity index (χ2v) is 6.85. The summed E-state index contributed by atoms with van der Waals surface area (Å²) in [4.78, 5) is 14.7. The van der Waals surface area contributed by atoms with E-state index in [9.17, 15) is 4.79 Å². The van der Waals surface area contributed by atoms with Gasteiger partial charge in [0.05, 0.1) is 7.11 Å². The molecule has 1 aromatic carbocycles. The third-order valence-electron chi connectivity index (χ3n) is 3.50. The maximum Gasteiger partial charge on any atom is 0.410 e. The van der Waals surface area contributed by atoms with Gasteiger partial charge in [0.1, 0.15) is 11.4 Å². The maximum atomic E-state index is 12.1. The molecule has 0 radical (unpaired) electrons. The molecule has 0 saturated carbocycles. The fourth-order valence-electron chi connectivity index (χ4n) is 2.54. The zero-order valence-electron chi connectivity index (χ0n) is 13.0. The number of hydrogen-bond acceptors (Lipinski definition) is 4. The molecule has 5 heteroatoms. The molecule has 1 aliphatic rings. The monoisotopic (exact) mass is 309 g/mol. The summed E-state index contributed by atoms with van der Waals surface area (Å²) < 4.78 is 10.9. The highest BCUT2D eigenvalue weighted by atomic mass is 32.1. The van der Waals surface area contributed by atoms with Gasteiger partial charge in [-0.3, -0.25) is 0 Å². The van der Waals surface area contributed by atoms with Crippen molar-refractivity contribution in [3.8, 4) is 5.75 Å². The lowest BCUT2D eigenvalue weighted by Gasteiger charge is -2.24. The summed E-state index contributed by atoms with van der Waals surface area (Å²) in [6.07, 6.45) is 0.677. The Morgan fingerprint density at radius 3 is 2.71 bits per heavy atom. The van der Waals surface area contributed by atoms with Crippen LogP contribution in [0.3, 0.4) is 0 Å². The number of benzene rings is 1. The van der Waals surface area contributed by atoms with E-state index in [-0.39, 0.29) is 12.0 Å². The molecule has 1 aromatic rings. The number of carbonyl (C=O) groups is 1. The van der Waals surface area contributed by atoms with Crippen LogP contribution in [0, 0.1) is 0 Å². The van der Waals surface area contributed by atoms with Gasteiger partial charge in [0.2, 0.25) is 0 Å². The molecule has 0 aliphatic carbocycles. The van der Waals surface area contributed by atoms with Crippen molar-refractivity contribution < 1.29 is 14.3 Å². The van der Waals surface area contributed by atoms with Crippen LogP contribution in [0.4, 0.5) is 4.79 Å². The quantitative estimate of drug-likeness (QED) is 0.847. The lowest BCUT2D eigenvalue weighted by Crippen LogP contribution is -2.35. The van der Waals surface area contributed by atoms with E-state index in [0.29, 0.717) is 13.1 Å². The SMILES string of the molecule is COc1cc(S)ccc1C1CCN(C(=O)OC(C)(C)C)C1. The van der Waals surface area contributed by atoms with Crippen LogP contribution in [0.25, 0.3) is 0 Å². The summed E-state index contributed by atoms with van der Waals surface area (Å²) in [5.41, 5.74) is 0.668. The van der Waals surface area contributed by atoms with Gasteiger partial charge in [-0.05, 0) is 44.9 Å². The van der Waals surface area contributed by atoms with Crippen LogP contribution in [0.1, 0.15) is 38.7 Å². The Balaban J connectivity index is 2.07. The van der Waals surface area contributed by atoms with Crippen molar-refractivity contribution in [3.05, 3.63) is 23.8 Å². The second-order valence-electron chi connectivity index (χ2n) is 6.34. The molecule has 1 aliphatic heterocycles. The first-order chi connectivity index (χ1) is 9.80. The van der Waals surface area contributed by atoms with E-state index in [1.807, 2.05) is 39.0 Å². The summed E-state index contributed by atoms with van der Waals surface area (Å²) in [7, 11) is 1.66. The van der Waals surface area contributed by atoms with E-state index in [0.717, 1.165) is 22.6 Å². The first kappa shape index (κ1) is 16.0. The van der Waals surface area contributed by atoms with Gasteiger partial charge in [-0.1, -0.05) is 6.07 Å². The van der Waals surface area contributed by atoms with Crippen molar-refractivity contribution in [1.29, 1.82) is 0 Å². The van der Waals surface area contributed by atoms with Crippen LogP contribution in [-0.4, -0.2) is 36.8 Å². The van der Waals surface area contributed by atoms with E-state index in [2.05, 4.69) is 12.6 Å². The number of rotatable bonds is 2. The summed E-state index contributed by atoms with van der Waals surface area (Å²) in [6, 6.07) is 5.90. The molecule has 1 atom stereocenters. The van der Waals surface area contributed by atoms with E-state index in [1.165, 1.54) is 0 Å². The first-order valence-corrected chi connectivity index (χ1v) is 7.59. The molecule has 1 fully saturated rings. The standard InChI is InChI=1S/C16H23NO3S/c1-16(2,3)20-15(18)17-8-7-11(10-17)13-6-5-12(21)9-14(13)19-4/h5-6,9,11,21H,7-8,10H2,1-4H3. The Morgan fingerprint density at radius 2 is 2.10 bits per heavy atom. The van der Waals surface area contributed by atoms with Gasteiger partial charge in [-0.15, -0.1) is 12.6 Å². The molecule has 2 rings (SSSR count). The van der Waals surface area contributed by atoms with Crippen molar-refractivity contribution >= 4 is 18.7 Å². The number of hydrogen-bond donors (Lipinski definition) is 1. The van der Waals surface area contributed by atoms with Crippen molar-refractivity contribution in [2.75, 3.05) is 20.2 Å². The second kappa shape index (κ2) is 6.18. The molecule has 1 heterocycles. The highest BCUT2D eigenvalue weighted by Gasteiger charge is 2.31. The molecule has 0 bridgehead atoms. The summed E-state index contributed by atoms with van der Waals surface area (Å²) in [5.74, 6) is 1.11. The Hall–Kier alpha value is -1.36. The average molecular weight is 309 g/mol. The molecule has 0 spiro atoms. The summed E-state index contributed by atoms with van der Waals surface area (Å²) in [6.45, 7) is 7.02. The smallest absolute Gasteiger partial charge is 0.410 e. The molecule has 0 N–H and O–H groups in total. The summed E-state index contributed by atoms with van der Waals surface area (Å²) >= 11 is 4.33. The largest absolute Gasteiger partial charge is 0.496 e. The van der Waals surface area contributed by atoms with Crippen molar-refractivity contribution in [3.63, 3.8) is 0 Å². The number of methoxy groups -OCH3 is 1. The van der Waals surface area contributed by atoms with Gasteiger partial charge in [0.15, 0.2) is 0 Å². The van der Waals surface area contributed by atoms with Gasteiger partial charge < -0.3 is 14.4 Å². The molecule has 1 amide bonds. The highest BCUT2D eigenvalue weighted by molar-refractivity contribution is 7.80. The Bertz CT molecular complexity index is 525. The lowest BCUT2D eigenvalue weighted by molar-refractivity contribution is 0.0292. The number of ether oxygens (including phenoxy) is 2. The molecule has 0 aromatic heterocycles. The maximum absolute atomic E-state index is 12.1. The molecular formula is C16H23NO3S. The van der Waals surface area contributed by atoms with Gasteiger partial charge in [0, 0.05) is 23.9 Å². The Morgan fingerprint density at radius 1 is 1.38 bits per heavy atom. The van der Waals surface area contributed by atoms with Crippen LogP contribution < -0.4 is 4.74 Å². The minimum atomic E-state index is -0.458. The minimum absolute atomic E-state index is 0.241. The predicted octanol–water partition coefficient (Wildman–Crippen LogP) is 3.71. The van der Waals surface area contributed by atoms with Gasteiger partial charge in [-0.25, -0.2) is 4.79 Å².